The molecule has 0 aliphatic heterocycles. The lowest BCUT2D eigenvalue weighted by molar-refractivity contribution is 0.525. The van der Waals surface area contributed by atoms with Crippen LogP contribution in [0.3, 0.4) is 0 Å². The molecule has 2 rings (SSSR count). The molecule has 2 atom stereocenters. The Morgan fingerprint density at radius 1 is 1.21 bits per heavy atom. The van der Waals surface area contributed by atoms with Crippen LogP contribution < -0.4 is 5.32 Å². The highest BCUT2D eigenvalue weighted by molar-refractivity contribution is 5.43. The van der Waals surface area contributed by atoms with Crippen LogP contribution in [0.15, 0.2) is 30.3 Å². The second-order valence-electron chi connectivity index (χ2n) is 4.29. The Morgan fingerprint density at radius 2 is 2.00 bits per heavy atom. The zero-order valence-electron chi connectivity index (χ0n) is 8.87. The van der Waals surface area contributed by atoms with Crippen LogP contribution in [-0.4, -0.2) is 6.04 Å². The number of nitrogens with one attached hydrogen (secondary N) is 1. The molecular weight excluding hydrogens is 170 g/mol. The van der Waals surface area contributed by atoms with Gasteiger partial charge in [0.15, 0.2) is 0 Å². The lowest BCUT2D eigenvalue weighted by atomic mass is 10.1. The molecular formula is C13H19N. The van der Waals surface area contributed by atoms with Gasteiger partial charge in [-0.3, -0.25) is 0 Å². The van der Waals surface area contributed by atoms with Crippen molar-refractivity contribution in [1.82, 2.24) is 0 Å². The number of rotatable bonds is 3. The van der Waals surface area contributed by atoms with Gasteiger partial charge in [-0.25, -0.2) is 0 Å². The first-order chi connectivity index (χ1) is 6.88. The van der Waals surface area contributed by atoms with Crippen molar-refractivity contribution in [1.29, 1.82) is 0 Å². The molecule has 1 aliphatic rings. The standard InChI is InChI=1S/C13H19N/c1-2-11-8-9-13(10-11)14-12-6-4-3-5-7-12/h3-7,11,13-14H,2,8-10H2,1H3. The van der Waals surface area contributed by atoms with Gasteiger partial charge < -0.3 is 5.32 Å². The zero-order chi connectivity index (χ0) is 9.80. The molecule has 0 saturated heterocycles. The van der Waals surface area contributed by atoms with Crippen LogP contribution in [0.25, 0.3) is 0 Å². The van der Waals surface area contributed by atoms with E-state index in [4.69, 9.17) is 0 Å². The van der Waals surface area contributed by atoms with Crippen LogP contribution in [0.2, 0.25) is 0 Å². The average molecular weight is 189 g/mol. The Hall–Kier alpha value is -0.980. The Bertz CT molecular complexity index is 268. The van der Waals surface area contributed by atoms with E-state index < -0.39 is 0 Å². The molecule has 1 fully saturated rings. The molecule has 0 amide bonds. The van der Waals surface area contributed by atoms with E-state index in [-0.39, 0.29) is 0 Å². The normalized spacial score (nSPS) is 26.4. The average Bonchev–Trinajstić information content (AvgIpc) is 2.67. The summed E-state index contributed by atoms with van der Waals surface area (Å²) in [4.78, 5) is 0. The SMILES string of the molecule is CCC1CCC(Nc2ccccc2)C1. The highest BCUT2D eigenvalue weighted by atomic mass is 14.9. The first-order valence-electron chi connectivity index (χ1n) is 5.70. The van der Waals surface area contributed by atoms with Crippen molar-refractivity contribution in [3.8, 4) is 0 Å². The highest BCUT2D eigenvalue weighted by Gasteiger charge is 2.22. The monoisotopic (exact) mass is 189 g/mol. The molecule has 0 bridgehead atoms. The molecule has 1 N–H and O–H groups in total. The maximum Gasteiger partial charge on any atom is 0.0342 e. The summed E-state index contributed by atoms with van der Waals surface area (Å²) in [6.45, 7) is 2.30. The van der Waals surface area contributed by atoms with E-state index in [1.165, 1.54) is 31.4 Å². The maximum absolute atomic E-state index is 3.61. The fraction of sp³-hybridized carbons (Fsp3) is 0.538. The van der Waals surface area contributed by atoms with Crippen LogP contribution >= 0.6 is 0 Å². The highest BCUT2D eigenvalue weighted by Crippen LogP contribution is 2.29. The van der Waals surface area contributed by atoms with Gasteiger partial charge in [-0.15, -0.1) is 0 Å². The van der Waals surface area contributed by atoms with Gasteiger partial charge in [-0.05, 0) is 37.3 Å². The first kappa shape index (κ1) is 9.57. The second kappa shape index (κ2) is 4.50. The van der Waals surface area contributed by atoms with Crippen molar-refractivity contribution >= 4 is 5.69 Å². The lowest BCUT2D eigenvalue weighted by Gasteiger charge is -2.13. The number of para-hydroxylation sites is 1. The Labute approximate surface area is 86.5 Å². The summed E-state index contributed by atoms with van der Waals surface area (Å²) in [6, 6.07) is 11.3. The third-order valence-electron chi connectivity index (χ3n) is 3.26. The molecule has 1 aliphatic carbocycles. The summed E-state index contributed by atoms with van der Waals surface area (Å²) in [6.07, 6.45) is 5.44. The van der Waals surface area contributed by atoms with Crippen molar-refractivity contribution in [2.75, 3.05) is 5.32 Å². The molecule has 1 aromatic rings. The van der Waals surface area contributed by atoms with E-state index in [2.05, 4.69) is 42.6 Å². The first-order valence-corrected chi connectivity index (χ1v) is 5.70. The third kappa shape index (κ3) is 2.28. The minimum absolute atomic E-state index is 0.711. The smallest absolute Gasteiger partial charge is 0.0342 e. The van der Waals surface area contributed by atoms with Gasteiger partial charge in [0.25, 0.3) is 0 Å². The van der Waals surface area contributed by atoms with Crippen molar-refractivity contribution in [2.24, 2.45) is 5.92 Å². The summed E-state index contributed by atoms with van der Waals surface area (Å²) in [5.74, 6) is 0.955. The van der Waals surface area contributed by atoms with Crippen LogP contribution in [-0.2, 0) is 0 Å². The quantitative estimate of drug-likeness (QED) is 0.765. The van der Waals surface area contributed by atoms with Gasteiger partial charge in [0.1, 0.15) is 0 Å². The molecule has 0 radical (unpaired) electrons. The van der Waals surface area contributed by atoms with Crippen molar-refractivity contribution < 1.29 is 0 Å². The van der Waals surface area contributed by atoms with E-state index in [9.17, 15) is 0 Å². The van der Waals surface area contributed by atoms with E-state index in [0.29, 0.717) is 6.04 Å². The maximum atomic E-state index is 3.61. The van der Waals surface area contributed by atoms with Crippen LogP contribution in [0.5, 0.6) is 0 Å². The fourth-order valence-electron chi connectivity index (χ4n) is 2.35. The van der Waals surface area contributed by atoms with Crippen molar-refractivity contribution in [3.05, 3.63) is 30.3 Å². The van der Waals surface area contributed by atoms with Gasteiger partial charge in [0.2, 0.25) is 0 Å². The Morgan fingerprint density at radius 3 is 2.64 bits per heavy atom. The molecule has 0 spiro atoms. The summed E-state index contributed by atoms with van der Waals surface area (Å²) < 4.78 is 0. The second-order valence-corrected chi connectivity index (χ2v) is 4.29. The molecule has 1 heteroatoms. The minimum Gasteiger partial charge on any atom is -0.382 e. The molecule has 2 unspecified atom stereocenters. The van der Waals surface area contributed by atoms with Gasteiger partial charge in [0, 0.05) is 11.7 Å². The third-order valence-corrected chi connectivity index (χ3v) is 3.26. The minimum atomic E-state index is 0.711. The van der Waals surface area contributed by atoms with Crippen LogP contribution in [0, 0.1) is 5.92 Å². The van der Waals surface area contributed by atoms with Crippen molar-refractivity contribution in [3.63, 3.8) is 0 Å². The van der Waals surface area contributed by atoms with Crippen molar-refractivity contribution in [2.45, 2.75) is 38.6 Å². The largest absolute Gasteiger partial charge is 0.382 e. The van der Waals surface area contributed by atoms with E-state index in [1.54, 1.807) is 0 Å². The van der Waals surface area contributed by atoms with Gasteiger partial charge in [-0.1, -0.05) is 31.5 Å². The van der Waals surface area contributed by atoms with Gasteiger partial charge in [-0.2, -0.15) is 0 Å². The summed E-state index contributed by atoms with van der Waals surface area (Å²) in [7, 11) is 0. The molecule has 1 nitrogen and oxygen atoms in total. The zero-order valence-corrected chi connectivity index (χ0v) is 8.87. The number of anilines is 1. The fourth-order valence-corrected chi connectivity index (χ4v) is 2.35. The molecule has 1 saturated carbocycles. The number of hydrogen-bond acceptors (Lipinski definition) is 1. The predicted molar refractivity (Wildman–Crippen MR) is 61.5 cm³/mol. The Kier molecular flexibility index (Phi) is 3.07. The van der Waals surface area contributed by atoms with Crippen LogP contribution in [0.1, 0.15) is 32.6 Å². The molecule has 14 heavy (non-hydrogen) atoms. The summed E-state index contributed by atoms with van der Waals surface area (Å²) in [5, 5.41) is 3.61. The predicted octanol–water partition coefficient (Wildman–Crippen LogP) is 3.68. The molecule has 1 aromatic carbocycles. The van der Waals surface area contributed by atoms with E-state index in [1.807, 2.05) is 0 Å². The van der Waals surface area contributed by atoms with Crippen LogP contribution in [0.4, 0.5) is 5.69 Å². The molecule has 76 valence electrons. The molecule has 0 heterocycles. The lowest BCUT2D eigenvalue weighted by Crippen LogP contribution is -2.15. The summed E-state index contributed by atoms with van der Waals surface area (Å²) in [5.41, 5.74) is 1.27. The molecule has 0 aromatic heterocycles. The van der Waals surface area contributed by atoms with Gasteiger partial charge >= 0.3 is 0 Å². The van der Waals surface area contributed by atoms with E-state index >= 15 is 0 Å². The van der Waals surface area contributed by atoms with Gasteiger partial charge in [0.05, 0.1) is 0 Å². The summed E-state index contributed by atoms with van der Waals surface area (Å²) >= 11 is 0. The number of benzene rings is 1. The topological polar surface area (TPSA) is 12.0 Å². The van der Waals surface area contributed by atoms with E-state index in [0.717, 1.165) is 5.92 Å². The number of hydrogen-bond donors (Lipinski definition) is 1. The Balaban J connectivity index is 1.88.